The van der Waals surface area contributed by atoms with E-state index in [0.29, 0.717) is 79.2 Å². The van der Waals surface area contributed by atoms with Crippen molar-refractivity contribution in [3.05, 3.63) is 101 Å². The number of nitrogens with zero attached hydrogens (tertiary/aromatic N) is 7. The van der Waals surface area contributed by atoms with Crippen molar-refractivity contribution in [3.8, 4) is 16.9 Å². The number of para-hydroxylation sites is 1. The minimum atomic E-state index is -0.477. The molecule has 1 N–H and O–H groups in total. The highest BCUT2D eigenvalue weighted by atomic mass is 19.1. The largest absolute Gasteiger partial charge is 0.496 e. The first-order valence-corrected chi connectivity index (χ1v) is 16.3. The summed E-state index contributed by atoms with van der Waals surface area (Å²) in [6.07, 6.45) is 7.91. The molecular formula is C36H37FN8O4. The highest BCUT2D eigenvalue weighted by Crippen LogP contribution is 2.40. The van der Waals surface area contributed by atoms with Crippen LogP contribution in [0, 0.1) is 5.82 Å². The number of H-pyrrole nitrogens is 1. The summed E-state index contributed by atoms with van der Waals surface area (Å²) in [7, 11) is 3.31. The summed E-state index contributed by atoms with van der Waals surface area (Å²) in [6.45, 7) is 3.34. The topological polar surface area (TPSA) is 122 Å². The third-order valence-corrected chi connectivity index (χ3v) is 9.36. The number of piperazine rings is 1. The molecule has 0 atom stereocenters. The van der Waals surface area contributed by atoms with Crippen molar-refractivity contribution in [1.29, 1.82) is 0 Å². The van der Waals surface area contributed by atoms with Crippen molar-refractivity contribution in [1.82, 2.24) is 34.3 Å². The van der Waals surface area contributed by atoms with Gasteiger partial charge in [-0.15, -0.1) is 5.10 Å². The molecule has 2 aromatic carbocycles. The van der Waals surface area contributed by atoms with Gasteiger partial charge in [0.1, 0.15) is 11.4 Å². The molecule has 0 unspecified atom stereocenters. The van der Waals surface area contributed by atoms with Gasteiger partial charge < -0.3 is 29.0 Å². The van der Waals surface area contributed by atoms with Crippen LogP contribution in [0.25, 0.3) is 27.6 Å². The molecule has 3 aromatic heterocycles. The normalized spacial score (nSPS) is 15.1. The number of hydrogen-bond donors (Lipinski definition) is 1. The summed E-state index contributed by atoms with van der Waals surface area (Å²) in [5.74, 6) is -0.121. The highest BCUT2D eigenvalue weighted by Gasteiger charge is 2.28. The Kier molecular flexibility index (Phi) is 8.72. The average molecular weight is 665 g/mol. The van der Waals surface area contributed by atoms with Gasteiger partial charge >= 0.3 is 0 Å². The fourth-order valence-electron chi connectivity index (χ4n) is 6.68. The van der Waals surface area contributed by atoms with Crippen LogP contribution >= 0.6 is 0 Å². The highest BCUT2D eigenvalue weighted by molar-refractivity contribution is 6.05. The summed E-state index contributed by atoms with van der Waals surface area (Å²) in [6, 6.07) is 14.4. The van der Waals surface area contributed by atoms with Gasteiger partial charge in [-0.05, 0) is 41.8 Å². The van der Waals surface area contributed by atoms with Crippen molar-refractivity contribution >= 4 is 34.0 Å². The number of carbonyl (C=O) groups excluding carboxylic acids is 2. The van der Waals surface area contributed by atoms with E-state index in [9.17, 15) is 14.4 Å². The molecule has 2 aliphatic heterocycles. The maximum Gasteiger partial charge on any atom is 0.270 e. The first-order valence-electron chi connectivity index (χ1n) is 16.3. The number of halogens is 1. The van der Waals surface area contributed by atoms with Crippen molar-refractivity contribution in [2.45, 2.75) is 19.4 Å². The van der Waals surface area contributed by atoms with Gasteiger partial charge in [-0.25, -0.2) is 4.39 Å². The monoisotopic (exact) mass is 664 g/mol. The van der Waals surface area contributed by atoms with Gasteiger partial charge in [0.2, 0.25) is 11.5 Å². The number of ether oxygens (including phenoxy) is 1. The summed E-state index contributed by atoms with van der Waals surface area (Å²) in [4.78, 5) is 47.6. The van der Waals surface area contributed by atoms with Crippen molar-refractivity contribution in [3.63, 3.8) is 0 Å². The van der Waals surface area contributed by atoms with Crippen LogP contribution in [-0.4, -0.2) is 92.5 Å². The molecule has 1 saturated heterocycles. The number of aromatic nitrogens is 5. The predicted octanol–water partition coefficient (Wildman–Crippen LogP) is 3.94. The van der Waals surface area contributed by atoms with Gasteiger partial charge in [0.25, 0.3) is 5.91 Å². The molecule has 0 saturated carbocycles. The van der Waals surface area contributed by atoms with E-state index >= 15 is 4.39 Å². The number of aromatic amines is 1. The van der Waals surface area contributed by atoms with Gasteiger partial charge in [0.05, 0.1) is 31.1 Å². The second-order valence-corrected chi connectivity index (χ2v) is 12.3. The standard InChI is InChI=1S/C36H37FN8O4/c1-41-23-25(9-10-32(41)46)42-16-18-43(19-17-42)36(48)30-21-29-28(26-7-3-4-8-31(26)49-2)20-27(34(37)35(29)39-30)24-6-5-13-44(22-24)33(47)11-14-45-15-12-38-40-45/h3-4,6-10,12,15,20-21,23,39H,5,11,13-14,16-19,22H2,1-2H3. The Balaban J connectivity index is 1.19. The summed E-state index contributed by atoms with van der Waals surface area (Å²) < 4.78 is 25.5. The van der Waals surface area contributed by atoms with Crippen LogP contribution < -0.4 is 15.2 Å². The van der Waals surface area contributed by atoms with Gasteiger partial charge in [0, 0.05) is 87.7 Å². The van der Waals surface area contributed by atoms with Crippen LogP contribution in [0.5, 0.6) is 5.75 Å². The smallest absolute Gasteiger partial charge is 0.270 e. The van der Waals surface area contributed by atoms with E-state index < -0.39 is 5.82 Å². The number of fused-ring (bicyclic) bond motifs is 1. The molecule has 252 valence electrons. The number of amides is 2. The van der Waals surface area contributed by atoms with Crippen LogP contribution in [0.3, 0.4) is 0 Å². The number of pyridine rings is 1. The molecule has 5 aromatic rings. The third kappa shape index (κ3) is 6.31. The minimum Gasteiger partial charge on any atom is -0.496 e. The predicted molar refractivity (Wildman–Crippen MR) is 184 cm³/mol. The number of rotatable bonds is 8. The number of hydrogen-bond acceptors (Lipinski definition) is 7. The minimum absolute atomic E-state index is 0.0447. The second kappa shape index (κ2) is 13.4. The Bertz CT molecular complexity index is 2110. The zero-order valence-corrected chi connectivity index (χ0v) is 27.4. The summed E-state index contributed by atoms with van der Waals surface area (Å²) >= 11 is 0. The number of aryl methyl sites for hydroxylation is 2. The lowest BCUT2D eigenvalue weighted by Gasteiger charge is -2.36. The van der Waals surface area contributed by atoms with Crippen LogP contribution in [0.2, 0.25) is 0 Å². The van der Waals surface area contributed by atoms with E-state index in [1.54, 1.807) is 76.1 Å². The number of methoxy groups -OCH3 is 1. The lowest BCUT2D eigenvalue weighted by atomic mass is 9.93. The number of benzene rings is 2. The Morgan fingerprint density at radius 1 is 0.980 bits per heavy atom. The zero-order valence-electron chi connectivity index (χ0n) is 27.4. The molecule has 49 heavy (non-hydrogen) atoms. The second-order valence-electron chi connectivity index (χ2n) is 12.3. The SMILES string of the molecule is COc1ccccc1-c1cc(C2=CCCN(C(=O)CCn3ccnn3)C2)c(F)c2[nH]c(C(=O)N3CCN(c4ccc(=O)n(C)c4)CC3)cc12. The summed E-state index contributed by atoms with van der Waals surface area (Å²) in [5.41, 5.74) is 3.90. The lowest BCUT2D eigenvalue weighted by molar-refractivity contribution is -0.131. The molecule has 5 heterocycles. The average Bonchev–Trinajstić information content (AvgIpc) is 3.83. The number of anilines is 1. The zero-order chi connectivity index (χ0) is 34.1. The lowest BCUT2D eigenvalue weighted by Crippen LogP contribution is -2.49. The molecule has 7 rings (SSSR count). The molecule has 1 fully saturated rings. The van der Waals surface area contributed by atoms with Crippen molar-refractivity contribution in [2.24, 2.45) is 7.05 Å². The maximum atomic E-state index is 16.6. The van der Waals surface area contributed by atoms with E-state index in [1.807, 2.05) is 30.3 Å². The Morgan fingerprint density at radius 2 is 1.80 bits per heavy atom. The molecule has 13 heteroatoms. The summed E-state index contributed by atoms with van der Waals surface area (Å²) in [5, 5.41) is 8.29. The van der Waals surface area contributed by atoms with E-state index in [2.05, 4.69) is 20.2 Å². The van der Waals surface area contributed by atoms with E-state index in [-0.39, 0.29) is 35.9 Å². The number of carbonyl (C=O) groups is 2. The third-order valence-electron chi connectivity index (χ3n) is 9.36. The van der Waals surface area contributed by atoms with Crippen molar-refractivity contribution in [2.75, 3.05) is 51.3 Å². The Morgan fingerprint density at radius 3 is 2.55 bits per heavy atom. The molecule has 0 aliphatic carbocycles. The Labute approximate surface area is 282 Å². The van der Waals surface area contributed by atoms with E-state index in [0.717, 1.165) is 11.3 Å². The Hall–Kier alpha value is -5.72. The molecule has 0 spiro atoms. The van der Waals surface area contributed by atoms with E-state index in [4.69, 9.17) is 4.74 Å². The molecule has 0 radical (unpaired) electrons. The van der Waals surface area contributed by atoms with Gasteiger partial charge in [0.15, 0.2) is 5.82 Å². The van der Waals surface area contributed by atoms with Gasteiger partial charge in [-0.3, -0.25) is 19.1 Å². The fourth-order valence-corrected chi connectivity index (χ4v) is 6.68. The molecule has 0 bridgehead atoms. The first-order chi connectivity index (χ1) is 23.8. The maximum absolute atomic E-state index is 16.6. The van der Waals surface area contributed by atoms with Crippen LogP contribution in [0.15, 0.2) is 78.0 Å². The quantitative estimate of drug-likeness (QED) is 0.267. The van der Waals surface area contributed by atoms with Crippen LogP contribution in [0.4, 0.5) is 10.1 Å². The molecule has 12 nitrogen and oxygen atoms in total. The van der Waals surface area contributed by atoms with E-state index in [1.165, 1.54) is 0 Å². The van der Waals surface area contributed by atoms with Gasteiger partial charge in [-0.2, -0.15) is 0 Å². The van der Waals surface area contributed by atoms with Crippen LogP contribution in [0.1, 0.15) is 28.9 Å². The van der Waals surface area contributed by atoms with Crippen molar-refractivity contribution < 1.29 is 18.7 Å². The molecule has 2 aliphatic rings. The number of nitrogens with one attached hydrogen (secondary N) is 1. The molecule has 2 amide bonds. The van der Waals surface area contributed by atoms with Crippen LogP contribution in [-0.2, 0) is 18.4 Å². The first kappa shape index (κ1) is 31.9. The fraction of sp³-hybridized carbons (Fsp3) is 0.306. The molecular weight excluding hydrogens is 627 g/mol. The van der Waals surface area contributed by atoms with Gasteiger partial charge in [-0.1, -0.05) is 29.5 Å².